The molecule has 0 spiro atoms. The molecule has 0 saturated heterocycles. The number of nitrogens with two attached hydrogens (primary N) is 1. The molecule has 3 fully saturated rings. The third-order valence-corrected chi connectivity index (χ3v) is 15.2. The van der Waals surface area contributed by atoms with Gasteiger partial charge in [-0.25, -0.2) is 0 Å². The number of carboxylic acid groups (broad SMARTS) is 2. The predicted molar refractivity (Wildman–Crippen MR) is 224 cm³/mol. The van der Waals surface area contributed by atoms with Crippen LogP contribution in [-0.4, -0.2) is 103 Å². The van der Waals surface area contributed by atoms with Crippen molar-refractivity contribution >= 4 is 41.5 Å². The van der Waals surface area contributed by atoms with Crippen molar-refractivity contribution in [3.05, 3.63) is 11.6 Å². The van der Waals surface area contributed by atoms with Crippen LogP contribution in [0.25, 0.3) is 0 Å². The fraction of sp³-hybridized carbons (Fsp3) is 0.841. The molecule has 0 unspecified atom stereocenters. The van der Waals surface area contributed by atoms with Crippen molar-refractivity contribution in [1.82, 2.24) is 10.6 Å². The average Bonchev–Trinajstić information content (AvgIpc) is 3.53. The Morgan fingerprint density at radius 1 is 0.931 bits per heavy atom. The lowest BCUT2D eigenvalue weighted by Crippen LogP contribution is -2.51. The molecule has 330 valence electrons. The molecule has 0 bridgehead atoms. The molecule has 13 nitrogen and oxygen atoms in total. The van der Waals surface area contributed by atoms with Gasteiger partial charge in [0, 0.05) is 17.9 Å². The molecule has 14 heteroatoms. The maximum Gasteiger partial charge on any atom is 0.322 e. The number of carboxylic acids is 2. The Morgan fingerprint density at radius 3 is 2.41 bits per heavy atom. The molecular weight excluding hydrogens is 763 g/mol. The van der Waals surface area contributed by atoms with E-state index in [1.165, 1.54) is 69.5 Å². The number of ether oxygens (including phenoxy) is 3. The third kappa shape index (κ3) is 13.4. The fourth-order valence-corrected chi connectivity index (χ4v) is 11.9. The summed E-state index contributed by atoms with van der Waals surface area (Å²) in [5.74, 6) is 1.12. The van der Waals surface area contributed by atoms with E-state index in [9.17, 15) is 24.0 Å². The fourth-order valence-electron chi connectivity index (χ4n) is 11.0. The van der Waals surface area contributed by atoms with Crippen LogP contribution in [0.1, 0.15) is 125 Å². The monoisotopic (exact) mass is 836 g/mol. The summed E-state index contributed by atoms with van der Waals surface area (Å²) >= 11 is 1.21. The molecule has 0 aromatic heterocycles. The minimum atomic E-state index is -1.25. The number of hydrogen-bond acceptors (Lipinski definition) is 10. The zero-order chi connectivity index (χ0) is 42.5. The van der Waals surface area contributed by atoms with E-state index < -0.39 is 48.4 Å². The molecule has 0 aromatic carbocycles. The summed E-state index contributed by atoms with van der Waals surface area (Å²) < 4.78 is 17.3. The van der Waals surface area contributed by atoms with Crippen LogP contribution in [0.15, 0.2) is 11.6 Å². The second kappa shape index (κ2) is 22.8. The van der Waals surface area contributed by atoms with Crippen molar-refractivity contribution in [2.45, 2.75) is 143 Å². The van der Waals surface area contributed by atoms with E-state index in [1.807, 2.05) is 0 Å². The Labute approximate surface area is 350 Å². The highest BCUT2D eigenvalue weighted by Crippen LogP contribution is 2.67. The van der Waals surface area contributed by atoms with Gasteiger partial charge in [0.15, 0.2) is 0 Å². The number of allylic oxidation sites excluding steroid dienone is 1. The van der Waals surface area contributed by atoms with Crippen LogP contribution in [0, 0.1) is 46.3 Å². The molecule has 2 amide bonds. The van der Waals surface area contributed by atoms with E-state index in [2.05, 4.69) is 51.3 Å². The highest BCUT2D eigenvalue weighted by atomic mass is 32.2. The van der Waals surface area contributed by atoms with Crippen LogP contribution in [0.5, 0.6) is 0 Å². The van der Waals surface area contributed by atoms with Gasteiger partial charge in [-0.2, -0.15) is 11.8 Å². The zero-order valence-electron chi connectivity index (χ0n) is 35.8. The van der Waals surface area contributed by atoms with Crippen LogP contribution < -0.4 is 16.4 Å². The van der Waals surface area contributed by atoms with E-state index >= 15 is 0 Å². The third-order valence-electron chi connectivity index (χ3n) is 14.1. The molecular formula is C44H73N3O10S. The van der Waals surface area contributed by atoms with Gasteiger partial charge in [0.25, 0.3) is 0 Å². The first kappa shape index (κ1) is 48.0. The number of nitrogens with one attached hydrogen (secondary N) is 2. The van der Waals surface area contributed by atoms with Gasteiger partial charge in [-0.15, -0.1) is 0 Å². The van der Waals surface area contributed by atoms with E-state index in [-0.39, 0.29) is 49.7 Å². The smallest absolute Gasteiger partial charge is 0.322 e. The molecule has 58 heavy (non-hydrogen) atoms. The number of carbonyl (C=O) groups is 5. The highest BCUT2D eigenvalue weighted by molar-refractivity contribution is 7.99. The molecule has 0 heterocycles. The Bertz CT molecular complexity index is 1430. The van der Waals surface area contributed by atoms with E-state index in [0.717, 1.165) is 48.3 Å². The minimum Gasteiger partial charge on any atom is -0.480 e. The van der Waals surface area contributed by atoms with Crippen molar-refractivity contribution in [2.75, 3.05) is 44.5 Å². The first-order valence-corrected chi connectivity index (χ1v) is 23.1. The molecule has 4 aliphatic carbocycles. The summed E-state index contributed by atoms with van der Waals surface area (Å²) in [6.07, 6.45) is 16.7. The normalized spacial score (nSPS) is 29.2. The average molecular weight is 836 g/mol. The highest BCUT2D eigenvalue weighted by Gasteiger charge is 2.59. The number of fused-ring (bicyclic) bond motifs is 5. The number of rotatable bonds is 25. The van der Waals surface area contributed by atoms with Crippen molar-refractivity contribution in [3.63, 3.8) is 0 Å². The van der Waals surface area contributed by atoms with Gasteiger partial charge in [0.2, 0.25) is 11.8 Å². The van der Waals surface area contributed by atoms with Crippen molar-refractivity contribution in [3.8, 4) is 0 Å². The van der Waals surface area contributed by atoms with Crippen molar-refractivity contribution in [1.29, 1.82) is 0 Å². The number of hydrogen-bond donors (Lipinski definition) is 5. The van der Waals surface area contributed by atoms with E-state index in [0.29, 0.717) is 24.4 Å². The minimum absolute atomic E-state index is 0.0645. The second-order valence-corrected chi connectivity index (χ2v) is 19.5. The molecule has 10 atom stereocenters. The lowest BCUT2D eigenvalue weighted by molar-refractivity contribution is -0.145. The summed E-state index contributed by atoms with van der Waals surface area (Å²) in [5, 5.41) is 22.5. The SMILES string of the molecule is CC(C)CCC[C@@H](C)[C@H]1CC[C@H]2[C@@H]3CC=C4C[C@@H](OCCOCCOC(=O)CCSC[C@H](NC(=O)CC[C@H](N)C(=O)O)C(=O)NCC(=O)O)CC[C@]4(C)[C@H]3CC[C@]12C. The summed E-state index contributed by atoms with van der Waals surface area (Å²) in [5.41, 5.74) is 7.85. The Balaban J connectivity index is 1.10. The van der Waals surface area contributed by atoms with Crippen molar-refractivity contribution < 1.29 is 48.4 Å². The van der Waals surface area contributed by atoms with Crippen LogP contribution in [0.4, 0.5) is 0 Å². The van der Waals surface area contributed by atoms with Gasteiger partial charge in [-0.05, 0) is 104 Å². The summed E-state index contributed by atoms with van der Waals surface area (Å²) in [7, 11) is 0. The Morgan fingerprint density at radius 2 is 1.69 bits per heavy atom. The summed E-state index contributed by atoms with van der Waals surface area (Å²) in [4.78, 5) is 58.8. The van der Waals surface area contributed by atoms with E-state index in [4.69, 9.17) is 30.2 Å². The Kier molecular flexibility index (Phi) is 18.9. The van der Waals surface area contributed by atoms with Crippen LogP contribution in [0.3, 0.4) is 0 Å². The maximum atomic E-state index is 12.5. The summed E-state index contributed by atoms with van der Waals surface area (Å²) in [6, 6.07) is -2.31. The predicted octanol–water partition coefficient (Wildman–Crippen LogP) is 5.97. The second-order valence-electron chi connectivity index (χ2n) is 18.4. The standard InChI is InChI=1S/C44H73N3O10S/c1-28(2)7-6-8-29(3)33-11-12-34-32-10-9-30-25-31(15-18-43(30,4)35(32)16-19-44(33,34)5)56-22-20-55-21-23-57-40(51)17-24-58-27-37(41(52)46-26-39(49)50)47-38(48)14-13-36(45)42(53)54/h9,28-29,31-37H,6-8,10-27,45H2,1-5H3,(H,46,52)(H,47,48)(H,49,50)(H,53,54)/t29-,31+,32+,33-,34+,35+,36+,37+,43+,44-/m1/s1. The molecule has 4 aliphatic rings. The van der Waals surface area contributed by atoms with Crippen LogP contribution in [0.2, 0.25) is 0 Å². The first-order chi connectivity index (χ1) is 27.5. The van der Waals surface area contributed by atoms with E-state index in [1.54, 1.807) is 5.57 Å². The number of thioether (sulfide) groups is 1. The lowest BCUT2D eigenvalue weighted by Gasteiger charge is -2.58. The molecule has 4 rings (SSSR count). The molecule has 0 aliphatic heterocycles. The quantitative estimate of drug-likeness (QED) is 0.0410. The number of aliphatic carboxylic acids is 2. The number of amides is 2. The molecule has 6 N–H and O–H groups in total. The number of esters is 1. The van der Waals surface area contributed by atoms with Gasteiger partial charge in [0.05, 0.1) is 32.3 Å². The Hall–Kier alpha value is -2.68. The lowest BCUT2D eigenvalue weighted by atomic mass is 9.47. The van der Waals surface area contributed by atoms with Crippen LogP contribution in [-0.2, 0) is 38.2 Å². The molecule has 0 aromatic rings. The maximum absolute atomic E-state index is 12.5. The van der Waals surface area contributed by atoms with Gasteiger partial charge in [-0.3, -0.25) is 24.0 Å². The van der Waals surface area contributed by atoms with Gasteiger partial charge in [-0.1, -0.05) is 65.5 Å². The first-order valence-electron chi connectivity index (χ1n) is 21.9. The summed E-state index contributed by atoms with van der Waals surface area (Å²) in [6.45, 7) is 13.1. The molecule has 0 radical (unpaired) electrons. The number of carbonyl (C=O) groups excluding carboxylic acids is 3. The van der Waals surface area contributed by atoms with Gasteiger partial charge in [0.1, 0.15) is 25.2 Å². The topological polar surface area (TPSA) is 204 Å². The van der Waals surface area contributed by atoms with Crippen LogP contribution >= 0.6 is 11.8 Å². The van der Waals surface area contributed by atoms with Gasteiger partial charge >= 0.3 is 17.9 Å². The van der Waals surface area contributed by atoms with Crippen molar-refractivity contribution in [2.24, 2.45) is 52.1 Å². The molecule has 3 saturated carbocycles. The largest absolute Gasteiger partial charge is 0.480 e. The van der Waals surface area contributed by atoms with Gasteiger partial charge < -0.3 is 40.8 Å². The zero-order valence-corrected chi connectivity index (χ0v) is 36.6.